The van der Waals surface area contributed by atoms with Gasteiger partial charge in [0.15, 0.2) is 0 Å². The first kappa shape index (κ1) is 28.9. The summed E-state index contributed by atoms with van der Waals surface area (Å²) in [5.74, 6) is 0.389. The Labute approximate surface area is 235 Å². The Bertz CT molecular complexity index is 1210. The highest BCUT2D eigenvalue weighted by Gasteiger charge is 2.21. The Hall–Kier alpha value is -4.05. The Morgan fingerprint density at radius 2 is 1.93 bits per heavy atom. The van der Waals surface area contributed by atoms with Gasteiger partial charge < -0.3 is 20.5 Å². The summed E-state index contributed by atoms with van der Waals surface area (Å²) in [5.41, 5.74) is 2.92. The van der Waals surface area contributed by atoms with Crippen LogP contribution in [0.5, 0.6) is 5.75 Å². The van der Waals surface area contributed by atoms with Crippen molar-refractivity contribution in [2.24, 2.45) is 0 Å². The van der Waals surface area contributed by atoms with E-state index < -0.39 is 12.0 Å². The van der Waals surface area contributed by atoms with E-state index in [9.17, 15) is 14.7 Å². The number of amides is 1. The van der Waals surface area contributed by atoms with Gasteiger partial charge in [0.05, 0.1) is 12.1 Å². The number of anilines is 1. The topological polar surface area (TPSA) is 130 Å². The first-order valence-corrected chi connectivity index (χ1v) is 14.0. The highest BCUT2D eigenvalue weighted by atomic mass is 16.5. The molecule has 0 spiro atoms. The summed E-state index contributed by atoms with van der Waals surface area (Å²) >= 11 is 0. The summed E-state index contributed by atoms with van der Waals surface area (Å²) in [6.07, 6.45) is 8.24. The van der Waals surface area contributed by atoms with Crippen molar-refractivity contribution >= 4 is 17.7 Å². The molecule has 1 aliphatic rings. The molecule has 1 amide bonds. The number of aromatic nitrogens is 3. The average Bonchev–Trinajstić information content (AvgIpc) is 2.97. The van der Waals surface area contributed by atoms with Crippen LogP contribution in [0.3, 0.4) is 0 Å². The number of hydrogen-bond acceptors (Lipinski definition) is 8. The monoisotopic (exact) mass is 546 g/mol. The van der Waals surface area contributed by atoms with Gasteiger partial charge in [-0.2, -0.15) is 0 Å². The minimum absolute atomic E-state index is 0.00712. The number of hydrogen-bond donors (Lipinski definition) is 3. The number of unbranched alkanes of at least 4 members (excludes halogenated alkanes) is 1. The highest BCUT2D eigenvalue weighted by molar-refractivity contribution is 5.84. The van der Waals surface area contributed by atoms with E-state index in [1.165, 1.54) is 11.9 Å². The van der Waals surface area contributed by atoms with Crippen LogP contribution in [0.4, 0.5) is 5.82 Å². The minimum Gasteiger partial charge on any atom is -0.492 e. The maximum Gasteiger partial charge on any atom is 0.326 e. The number of aliphatic carboxylic acids is 1. The van der Waals surface area contributed by atoms with E-state index in [4.69, 9.17) is 9.72 Å². The van der Waals surface area contributed by atoms with Gasteiger partial charge in [0.2, 0.25) is 5.91 Å². The van der Waals surface area contributed by atoms with Gasteiger partial charge >= 0.3 is 5.97 Å². The fourth-order valence-electron chi connectivity index (χ4n) is 4.70. The molecule has 0 radical (unpaired) electrons. The summed E-state index contributed by atoms with van der Waals surface area (Å²) in [6, 6.07) is 14.6. The SMILES string of the molecule is O=C(Cc1ccncn1)NC(CCN(CCCCc1ccc2c(n1)NCCC2)CCOc1ccccc1)C(=O)O. The van der Waals surface area contributed by atoms with Crippen molar-refractivity contribution in [2.75, 3.05) is 38.1 Å². The van der Waals surface area contributed by atoms with Crippen LogP contribution >= 0.6 is 0 Å². The molecule has 10 nitrogen and oxygen atoms in total. The molecule has 1 unspecified atom stereocenters. The third kappa shape index (κ3) is 9.60. The van der Waals surface area contributed by atoms with E-state index in [1.807, 2.05) is 30.3 Å². The molecular weight excluding hydrogens is 508 g/mol. The molecule has 0 saturated carbocycles. The number of para-hydroxylation sites is 1. The van der Waals surface area contributed by atoms with Gasteiger partial charge in [-0.3, -0.25) is 9.69 Å². The summed E-state index contributed by atoms with van der Waals surface area (Å²) in [6.45, 7) is 3.42. The quantitative estimate of drug-likeness (QED) is 0.232. The first-order chi connectivity index (χ1) is 19.6. The molecule has 2 aromatic heterocycles. The highest BCUT2D eigenvalue weighted by Crippen LogP contribution is 2.20. The van der Waals surface area contributed by atoms with Crippen molar-refractivity contribution in [2.45, 2.75) is 51.0 Å². The van der Waals surface area contributed by atoms with Crippen LogP contribution in [0.15, 0.2) is 61.1 Å². The fraction of sp³-hybridized carbons (Fsp3) is 0.433. The van der Waals surface area contributed by atoms with Crippen LogP contribution < -0.4 is 15.4 Å². The van der Waals surface area contributed by atoms with Crippen LogP contribution in [0.25, 0.3) is 0 Å². The molecule has 1 aliphatic heterocycles. The molecule has 0 fully saturated rings. The predicted octanol–water partition coefficient (Wildman–Crippen LogP) is 3.14. The van der Waals surface area contributed by atoms with Crippen LogP contribution in [0.1, 0.15) is 42.6 Å². The standard InChI is InChI=1S/C30H38N6O4/c37-28(21-25-13-16-31-22-33-25)35-27(30(38)39)14-18-36(19-20-40-26-9-2-1-3-10-26)17-5-4-8-24-12-11-23-7-6-15-32-29(23)34-24/h1-3,9-13,16,22,27H,4-8,14-15,17-21H2,(H,32,34)(H,35,37)(H,38,39). The molecule has 1 atom stereocenters. The number of nitrogens with one attached hydrogen (secondary N) is 2. The fourth-order valence-corrected chi connectivity index (χ4v) is 4.70. The molecule has 3 N–H and O–H groups in total. The normalized spacial score (nSPS) is 13.2. The number of carbonyl (C=O) groups excluding carboxylic acids is 1. The molecule has 0 saturated heterocycles. The molecule has 0 bridgehead atoms. The van der Waals surface area contributed by atoms with E-state index in [1.54, 1.807) is 12.3 Å². The number of rotatable bonds is 16. The van der Waals surface area contributed by atoms with Gasteiger partial charge in [-0.15, -0.1) is 0 Å². The van der Waals surface area contributed by atoms with Crippen LogP contribution in [0, 0.1) is 0 Å². The third-order valence-electron chi connectivity index (χ3n) is 6.88. The molecule has 3 heterocycles. The van der Waals surface area contributed by atoms with Crippen LogP contribution in [0.2, 0.25) is 0 Å². The lowest BCUT2D eigenvalue weighted by atomic mass is 10.1. The number of aryl methyl sites for hydroxylation is 2. The van der Waals surface area contributed by atoms with Crippen molar-refractivity contribution in [3.63, 3.8) is 0 Å². The van der Waals surface area contributed by atoms with Crippen molar-refractivity contribution < 1.29 is 19.4 Å². The van der Waals surface area contributed by atoms with Crippen molar-refractivity contribution in [1.29, 1.82) is 0 Å². The van der Waals surface area contributed by atoms with E-state index in [0.717, 1.165) is 62.5 Å². The number of carbonyl (C=O) groups is 2. The number of ether oxygens (including phenoxy) is 1. The van der Waals surface area contributed by atoms with Crippen molar-refractivity contribution in [1.82, 2.24) is 25.2 Å². The first-order valence-electron chi connectivity index (χ1n) is 14.0. The second-order valence-corrected chi connectivity index (χ2v) is 9.93. The van der Waals surface area contributed by atoms with Crippen LogP contribution in [-0.4, -0.2) is 75.7 Å². The molecule has 1 aromatic carbocycles. The number of nitrogens with zero attached hydrogens (tertiary/aromatic N) is 4. The van der Waals surface area contributed by atoms with Crippen molar-refractivity contribution in [3.8, 4) is 5.75 Å². The Morgan fingerprint density at radius 3 is 2.73 bits per heavy atom. The van der Waals surface area contributed by atoms with Gasteiger partial charge in [0.25, 0.3) is 0 Å². The Kier molecular flexibility index (Phi) is 11.2. The summed E-state index contributed by atoms with van der Waals surface area (Å²) < 4.78 is 5.89. The molecule has 40 heavy (non-hydrogen) atoms. The number of carboxylic acids is 1. The lowest BCUT2D eigenvalue weighted by Gasteiger charge is -2.24. The van der Waals surface area contributed by atoms with Gasteiger partial charge in [-0.1, -0.05) is 24.3 Å². The molecular formula is C30H38N6O4. The summed E-state index contributed by atoms with van der Waals surface area (Å²) in [7, 11) is 0. The summed E-state index contributed by atoms with van der Waals surface area (Å²) in [5, 5.41) is 15.8. The molecule has 10 heteroatoms. The maximum absolute atomic E-state index is 12.5. The van der Waals surface area contributed by atoms with Gasteiger partial charge in [0, 0.05) is 31.5 Å². The molecule has 4 rings (SSSR count). The molecule has 0 aliphatic carbocycles. The van der Waals surface area contributed by atoms with Gasteiger partial charge in [-0.05, 0) is 74.9 Å². The van der Waals surface area contributed by atoms with Gasteiger partial charge in [0.1, 0.15) is 30.5 Å². The number of pyridine rings is 1. The number of benzene rings is 1. The minimum atomic E-state index is -1.05. The zero-order valence-electron chi connectivity index (χ0n) is 22.8. The van der Waals surface area contributed by atoms with E-state index >= 15 is 0 Å². The largest absolute Gasteiger partial charge is 0.492 e. The zero-order chi connectivity index (χ0) is 28.0. The van der Waals surface area contributed by atoms with Gasteiger partial charge in [-0.25, -0.2) is 19.7 Å². The predicted molar refractivity (Wildman–Crippen MR) is 152 cm³/mol. The Morgan fingerprint density at radius 1 is 1.05 bits per heavy atom. The number of carboxylic acid groups (broad SMARTS) is 1. The number of fused-ring (bicyclic) bond motifs is 1. The maximum atomic E-state index is 12.5. The zero-order valence-corrected chi connectivity index (χ0v) is 22.8. The van der Waals surface area contributed by atoms with Crippen molar-refractivity contribution in [3.05, 3.63) is 78.0 Å². The Balaban J connectivity index is 1.27. The second-order valence-electron chi connectivity index (χ2n) is 9.93. The summed E-state index contributed by atoms with van der Waals surface area (Å²) in [4.78, 5) is 39.3. The van der Waals surface area contributed by atoms with Crippen LogP contribution in [-0.2, 0) is 28.9 Å². The van der Waals surface area contributed by atoms with E-state index in [0.29, 0.717) is 25.4 Å². The van der Waals surface area contributed by atoms with E-state index in [2.05, 4.69) is 37.6 Å². The third-order valence-corrected chi connectivity index (χ3v) is 6.88. The second kappa shape index (κ2) is 15.5. The average molecular weight is 547 g/mol. The lowest BCUT2D eigenvalue weighted by molar-refractivity contribution is -0.142. The molecule has 3 aromatic rings. The molecule has 212 valence electrons. The lowest BCUT2D eigenvalue weighted by Crippen LogP contribution is -2.44. The van der Waals surface area contributed by atoms with E-state index in [-0.39, 0.29) is 18.7 Å². The smallest absolute Gasteiger partial charge is 0.326 e.